The summed E-state index contributed by atoms with van der Waals surface area (Å²) in [6.45, 7) is 4.82. The van der Waals surface area contributed by atoms with Gasteiger partial charge in [0.05, 0.1) is 6.20 Å². The van der Waals surface area contributed by atoms with Crippen molar-refractivity contribution in [2.45, 2.75) is 33.2 Å². The molecule has 0 amide bonds. The minimum atomic E-state index is 0.00546. The second-order valence-corrected chi connectivity index (χ2v) is 4.18. The molecule has 1 aromatic heterocycles. The molecule has 0 aliphatic heterocycles. The molecule has 0 aliphatic carbocycles. The van der Waals surface area contributed by atoms with Crippen molar-refractivity contribution in [2.24, 2.45) is 0 Å². The molecular weight excluding hydrogens is 226 g/mol. The molecule has 0 atom stereocenters. The maximum absolute atomic E-state index is 12.5. The van der Waals surface area contributed by atoms with Crippen LogP contribution < -0.4 is 0 Å². The molecule has 94 valence electrons. The summed E-state index contributed by atoms with van der Waals surface area (Å²) in [7, 11) is 0. The monoisotopic (exact) mass is 243 g/mol. The predicted octanol–water partition coefficient (Wildman–Crippen LogP) is 2.48. The molecule has 0 fully saturated rings. The highest BCUT2D eigenvalue weighted by atomic mass is 16.1. The highest BCUT2D eigenvalue weighted by molar-refractivity contribution is 6.08. The van der Waals surface area contributed by atoms with Crippen LogP contribution in [0.4, 0.5) is 0 Å². The molecule has 0 saturated carbocycles. The van der Waals surface area contributed by atoms with E-state index in [9.17, 15) is 4.79 Å². The van der Waals surface area contributed by atoms with E-state index >= 15 is 0 Å². The van der Waals surface area contributed by atoms with E-state index in [0.29, 0.717) is 5.69 Å². The van der Waals surface area contributed by atoms with Crippen molar-refractivity contribution in [1.29, 1.82) is 0 Å². The van der Waals surface area contributed by atoms with Gasteiger partial charge in [-0.1, -0.05) is 43.3 Å². The summed E-state index contributed by atoms with van der Waals surface area (Å²) in [5, 5.41) is 7.79. The first-order valence-corrected chi connectivity index (χ1v) is 6.29. The Kier molecular flexibility index (Phi) is 3.87. The van der Waals surface area contributed by atoms with E-state index in [2.05, 4.69) is 17.2 Å². The standard InChI is InChI=1S/C14H17N3O/c1-3-9-17-13(10-15-16-17)14(18)12-8-6-5-7-11(12)4-2/h5-8,10H,3-4,9H2,1-2H3. The summed E-state index contributed by atoms with van der Waals surface area (Å²) in [5.74, 6) is 0.00546. The molecule has 0 radical (unpaired) electrons. The van der Waals surface area contributed by atoms with Crippen molar-refractivity contribution in [2.75, 3.05) is 0 Å². The average molecular weight is 243 g/mol. The summed E-state index contributed by atoms with van der Waals surface area (Å²) in [5.41, 5.74) is 2.38. The Bertz CT molecular complexity index is 545. The van der Waals surface area contributed by atoms with E-state index in [0.717, 1.165) is 30.5 Å². The number of carbonyl (C=O) groups excluding carboxylic acids is 1. The van der Waals surface area contributed by atoms with Crippen LogP contribution in [0.15, 0.2) is 30.5 Å². The van der Waals surface area contributed by atoms with Gasteiger partial charge in [0.15, 0.2) is 0 Å². The van der Waals surface area contributed by atoms with Crippen LogP contribution in [0.5, 0.6) is 0 Å². The van der Waals surface area contributed by atoms with Crippen LogP contribution in [0.2, 0.25) is 0 Å². The lowest BCUT2D eigenvalue weighted by Crippen LogP contribution is -2.13. The van der Waals surface area contributed by atoms with E-state index in [1.54, 1.807) is 10.9 Å². The maximum Gasteiger partial charge on any atom is 0.212 e. The van der Waals surface area contributed by atoms with Crippen LogP contribution >= 0.6 is 0 Å². The number of hydrogen-bond donors (Lipinski definition) is 0. The van der Waals surface area contributed by atoms with E-state index in [1.165, 1.54) is 0 Å². The summed E-state index contributed by atoms with van der Waals surface area (Å²) in [6.07, 6.45) is 3.32. The molecule has 0 bridgehead atoms. The fourth-order valence-corrected chi connectivity index (χ4v) is 2.00. The molecule has 2 aromatic rings. The van der Waals surface area contributed by atoms with Crippen molar-refractivity contribution in [3.05, 3.63) is 47.3 Å². The van der Waals surface area contributed by atoms with Crippen molar-refractivity contribution < 1.29 is 4.79 Å². The number of rotatable bonds is 5. The lowest BCUT2D eigenvalue weighted by atomic mass is 10.00. The largest absolute Gasteiger partial charge is 0.287 e. The van der Waals surface area contributed by atoms with Crippen LogP contribution in [0.3, 0.4) is 0 Å². The van der Waals surface area contributed by atoms with Crippen molar-refractivity contribution in [3.8, 4) is 0 Å². The zero-order valence-corrected chi connectivity index (χ0v) is 10.8. The number of hydrogen-bond acceptors (Lipinski definition) is 3. The predicted molar refractivity (Wildman–Crippen MR) is 69.6 cm³/mol. The van der Waals surface area contributed by atoms with Gasteiger partial charge in [-0.15, -0.1) is 5.10 Å². The Morgan fingerprint density at radius 3 is 2.78 bits per heavy atom. The molecule has 4 nitrogen and oxygen atoms in total. The van der Waals surface area contributed by atoms with Gasteiger partial charge in [-0.2, -0.15) is 0 Å². The Labute approximate surface area is 107 Å². The molecule has 0 N–H and O–H groups in total. The Morgan fingerprint density at radius 2 is 2.06 bits per heavy atom. The second-order valence-electron chi connectivity index (χ2n) is 4.18. The van der Waals surface area contributed by atoms with Crippen molar-refractivity contribution in [1.82, 2.24) is 15.0 Å². The van der Waals surface area contributed by atoms with E-state index in [1.807, 2.05) is 31.2 Å². The number of carbonyl (C=O) groups is 1. The van der Waals surface area contributed by atoms with Crippen molar-refractivity contribution in [3.63, 3.8) is 0 Å². The number of nitrogens with zero attached hydrogens (tertiary/aromatic N) is 3. The molecule has 1 aromatic carbocycles. The van der Waals surface area contributed by atoms with E-state index < -0.39 is 0 Å². The molecule has 0 aliphatic rings. The molecule has 4 heteroatoms. The topological polar surface area (TPSA) is 47.8 Å². The quantitative estimate of drug-likeness (QED) is 0.758. The molecule has 0 spiro atoms. The van der Waals surface area contributed by atoms with Crippen LogP contribution in [-0.2, 0) is 13.0 Å². The molecule has 2 rings (SSSR count). The minimum absolute atomic E-state index is 0.00546. The van der Waals surface area contributed by atoms with Gasteiger partial charge in [-0.05, 0) is 18.4 Å². The number of benzene rings is 1. The van der Waals surface area contributed by atoms with Gasteiger partial charge in [-0.25, -0.2) is 4.68 Å². The normalized spacial score (nSPS) is 10.6. The average Bonchev–Trinajstić information content (AvgIpc) is 2.86. The Balaban J connectivity index is 2.38. The highest BCUT2D eigenvalue weighted by Gasteiger charge is 2.17. The van der Waals surface area contributed by atoms with Crippen molar-refractivity contribution >= 4 is 5.78 Å². The lowest BCUT2D eigenvalue weighted by molar-refractivity contribution is 0.102. The van der Waals surface area contributed by atoms with E-state index in [4.69, 9.17) is 0 Å². The first kappa shape index (κ1) is 12.5. The zero-order valence-electron chi connectivity index (χ0n) is 10.8. The Morgan fingerprint density at radius 1 is 1.28 bits per heavy atom. The molecule has 0 unspecified atom stereocenters. The van der Waals surface area contributed by atoms with Gasteiger partial charge >= 0.3 is 0 Å². The van der Waals surface area contributed by atoms with Gasteiger partial charge in [-0.3, -0.25) is 4.79 Å². The molecular formula is C14H17N3O. The lowest BCUT2D eigenvalue weighted by Gasteiger charge is -2.07. The number of aromatic nitrogens is 3. The number of ketones is 1. The van der Waals surface area contributed by atoms with Gasteiger partial charge < -0.3 is 0 Å². The fraction of sp³-hybridized carbons (Fsp3) is 0.357. The van der Waals surface area contributed by atoms with Gasteiger partial charge in [0.25, 0.3) is 0 Å². The molecule has 18 heavy (non-hydrogen) atoms. The summed E-state index contributed by atoms with van der Waals surface area (Å²) in [4.78, 5) is 12.5. The number of aryl methyl sites for hydroxylation is 2. The van der Waals surface area contributed by atoms with Crippen LogP contribution in [0, 0.1) is 0 Å². The minimum Gasteiger partial charge on any atom is -0.287 e. The van der Waals surface area contributed by atoms with Crippen LogP contribution in [0.1, 0.15) is 41.9 Å². The summed E-state index contributed by atoms with van der Waals surface area (Å²) >= 11 is 0. The summed E-state index contributed by atoms with van der Waals surface area (Å²) < 4.78 is 1.68. The van der Waals surface area contributed by atoms with E-state index in [-0.39, 0.29) is 5.78 Å². The first-order chi connectivity index (χ1) is 8.77. The van der Waals surface area contributed by atoms with Gasteiger partial charge in [0.1, 0.15) is 5.69 Å². The third-order valence-corrected chi connectivity index (χ3v) is 2.93. The third kappa shape index (κ3) is 2.32. The highest BCUT2D eigenvalue weighted by Crippen LogP contribution is 2.14. The SMILES string of the molecule is CCCn1nncc1C(=O)c1ccccc1CC. The molecule has 0 saturated heterocycles. The fourth-order valence-electron chi connectivity index (χ4n) is 2.00. The van der Waals surface area contributed by atoms with Gasteiger partial charge in [0, 0.05) is 12.1 Å². The summed E-state index contributed by atoms with van der Waals surface area (Å²) in [6, 6.07) is 7.70. The van der Waals surface area contributed by atoms with Crippen LogP contribution in [-0.4, -0.2) is 20.8 Å². The Hall–Kier alpha value is -1.97. The van der Waals surface area contributed by atoms with Gasteiger partial charge in [0.2, 0.25) is 5.78 Å². The first-order valence-electron chi connectivity index (χ1n) is 6.29. The zero-order chi connectivity index (χ0) is 13.0. The second kappa shape index (κ2) is 5.58. The maximum atomic E-state index is 12.5. The van der Waals surface area contributed by atoms with Crippen LogP contribution in [0.25, 0.3) is 0 Å². The molecule has 1 heterocycles. The third-order valence-electron chi connectivity index (χ3n) is 2.93. The smallest absolute Gasteiger partial charge is 0.212 e.